The summed E-state index contributed by atoms with van der Waals surface area (Å²) in [6.07, 6.45) is 7.35. The topological polar surface area (TPSA) is 93.7 Å². The third-order valence-electron chi connectivity index (χ3n) is 6.71. The number of benzene rings is 2. The van der Waals surface area contributed by atoms with E-state index in [1.54, 1.807) is 30.6 Å². The lowest BCUT2D eigenvalue weighted by Gasteiger charge is -2.26. The van der Waals surface area contributed by atoms with E-state index in [0.717, 1.165) is 53.0 Å². The highest BCUT2D eigenvalue weighted by Crippen LogP contribution is 2.25. The van der Waals surface area contributed by atoms with Crippen LogP contribution >= 0.6 is 0 Å². The first-order valence-electron chi connectivity index (χ1n) is 12.7. The van der Waals surface area contributed by atoms with Crippen molar-refractivity contribution in [1.82, 2.24) is 14.9 Å². The van der Waals surface area contributed by atoms with Gasteiger partial charge in [0.1, 0.15) is 12.4 Å². The lowest BCUT2D eigenvalue weighted by molar-refractivity contribution is 0.100. The number of nitrogens with two attached hydrogens (primary N) is 1. The highest BCUT2D eigenvalue weighted by molar-refractivity contribution is 5.97. The predicted molar refractivity (Wildman–Crippen MR) is 146 cm³/mol. The molecule has 7 heteroatoms. The summed E-state index contributed by atoms with van der Waals surface area (Å²) in [7, 11) is 0. The molecule has 0 bridgehead atoms. The minimum atomic E-state index is -0.533. The Hall–Kier alpha value is -4.10. The second-order valence-corrected chi connectivity index (χ2v) is 9.34. The largest absolute Gasteiger partial charge is 0.492 e. The third-order valence-corrected chi connectivity index (χ3v) is 6.71. The van der Waals surface area contributed by atoms with E-state index in [1.165, 1.54) is 19.3 Å². The molecule has 0 aliphatic carbocycles. The van der Waals surface area contributed by atoms with E-state index in [2.05, 4.69) is 22.9 Å². The number of rotatable bonds is 7. The monoisotopic (exact) mass is 493 g/mol. The van der Waals surface area contributed by atoms with E-state index in [-0.39, 0.29) is 0 Å². The van der Waals surface area contributed by atoms with Crippen LogP contribution in [0, 0.1) is 6.92 Å². The Morgan fingerprint density at radius 3 is 2.65 bits per heavy atom. The molecule has 0 atom stereocenters. The number of aryl methyl sites for hydroxylation is 1. The van der Waals surface area contributed by atoms with E-state index in [4.69, 9.17) is 20.4 Å². The third kappa shape index (κ3) is 5.84. The Labute approximate surface area is 216 Å². The predicted octanol–water partition coefficient (Wildman–Crippen LogP) is 4.80. The van der Waals surface area contributed by atoms with Crippen molar-refractivity contribution in [1.29, 1.82) is 0 Å². The molecule has 0 spiro atoms. The maximum Gasteiger partial charge on any atom is 0.250 e. The van der Waals surface area contributed by atoms with Crippen LogP contribution in [0.5, 0.6) is 5.75 Å². The quantitative estimate of drug-likeness (QED) is 0.399. The number of piperidine rings is 1. The maximum absolute atomic E-state index is 12.1. The number of amides is 1. The Balaban J connectivity index is 1.63. The number of primary amides is 1. The molecule has 0 radical (unpaired) electrons. The molecule has 1 aliphatic heterocycles. The molecular formula is C30H31N5O2. The molecule has 1 aliphatic rings. The average Bonchev–Trinajstić information content (AvgIpc) is 3.06. The Morgan fingerprint density at radius 2 is 1.86 bits per heavy atom. The van der Waals surface area contributed by atoms with Gasteiger partial charge in [-0.05, 0) is 86.3 Å². The van der Waals surface area contributed by atoms with Crippen LogP contribution in [0.25, 0.3) is 22.0 Å². The number of nitrogens with zero attached hydrogens (tertiary/aromatic N) is 4. The van der Waals surface area contributed by atoms with Crippen LogP contribution in [0.1, 0.15) is 35.2 Å². The molecule has 2 aromatic heterocycles. The van der Waals surface area contributed by atoms with Crippen LogP contribution in [0.15, 0.2) is 78.0 Å². The fourth-order valence-corrected chi connectivity index (χ4v) is 4.75. The van der Waals surface area contributed by atoms with Gasteiger partial charge in [-0.15, -0.1) is 0 Å². The first-order chi connectivity index (χ1) is 18.1. The van der Waals surface area contributed by atoms with Crippen molar-refractivity contribution in [2.24, 2.45) is 10.7 Å². The number of para-hydroxylation sites is 1. The number of hydrogen-bond donors (Lipinski definition) is 1. The standard InChI is InChI=1S/C30H31N5O2/c1-21-18-28(22-8-7-13-32-20-22)34-30(33-27-10-4-3-9-25(27)29(31)36)26-19-23(11-12-24(21)26)37-17-16-35-14-5-2-6-15-35/h3-4,7-13,18-20H,2,5-6,14-17H2,1H3,(H2,31,36). The first-order valence-corrected chi connectivity index (χ1v) is 12.7. The van der Waals surface area contributed by atoms with Crippen molar-refractivity contribution in [2.75, 3.05) is 26.2 Å². The van der Waals surface area contributed by atoms with E-state index in [9.17, 15) is 4.79 Å². The number of ether oxygens (including phenoxy) is 1. The van der Waals surface area contributed by atoms with Crippen molar-refractivity contribution in [3.05, 3.63) is 89.7 Å². The summed E-state index contributed by atoms with van der Waals surface area (Å²) in [5, 5.41) is 1.84. The molecule has 2 aromatic carbocycles. The number of aromatic nitrogens is 2. The molecule has 4 aromatic rings. The normalized spacial score (nSPS) is 14.6. The number of carbonyl (C=O) groups excluding carboxylic acids is 1. The minimum absolute atomic E-state index is 0.345. The molecule has 0 saturated carbocycles. The molecular weight excluding hydrogens is 462 g/mol. The molecule has 2 N–H and O–H groups in total. The zero-order chi connectivity index (χ0) is 25.6. The zero-order valence-corrected chi connectivity index (χ0v) is 21.1. The average molecular weight is 494 g/mol. The maximum atomic E-state index is 12.1. The van der Waals surface area contributed by atoms with E-state index >= 15 is 0 Å². The highest BCUT2D eigenvalue weighted by atomic mass is 16.5. The summed E-state index contributed by atoms with van der Waals surface area (Å²) in [6, 6.07) is 19.0. The van der Waals surface area contributed by atoms with E-state index < -0.39 is 5.91 Å². The van der Waals surface area contributed by atoms with Crippen molar-refractivity contribution < 1.29 is 9.53 Å². The summed E-state index contributed by atoms with van der Waals surface area (Å²) in [6.45, 7) is 5.86. The summed E-state index contributed by atoms with van der Waals surface area (Å²) < 4.78 is 6.17. The van der Waals surface area contributed by atoms with Gasteiger partial charge in [0.25, 0.3) is 5.91 Å². The Kier molecular flexibility index (Phi) is 7.51. The highest BCUT2D eigenvalue weighted by Gasteiger charge is 2.12. The second-order valence-electron chi connectivity index (χ2n) is 9.34. The smallest absolute Gasteiger partial charge is 0.250 e. The molecule has 3 heterocycles. The van der Waals surface area contributed by atoms with Crippen molar-refractivity contribution in [3.8, 4) is 17.0 Å². The summed E-state index contributed by atoms with van der Waals surface area (Å²) >= 11 is 0. The van der Waals surface area contributed by atoms with Crippen LogP contribution in [0.2, 0.25) is 0 Å². The van der Waals surface area contributed by atoms with Gasteiger partial charge in [-0.2, -0.15) is 0 Å². The van der Waals surface area contributed by atoms with Crippen LogP contribution in [0.4, 0.5) is 5.69 Å². The lowest BCUT2D eigenvalue weighted by atomic mass is 10.1. The molecule has 1 amide bonds. The van der Waals surface area contributed by atoms with Gasteiger partial charge in [0.05, 0.1) is 16.9 Å². The number of pyridine rings is 1. The Morgan fingerprint density at radius 1 is 1.03 bits per heavy atom. The van der Waals surface area contributed by atoms with Gasteiger partial charge in [-0.25, -0.2) is 9.98 Å². The molecule has 5 rings (SSSR count). The second kappa shape index (κ2) is 11.3. The molecule has 37 heavy (non-hydrogen) atoms. The van der Waals surface area contributed by atoms with Crippen molar-refractivity contribution in [3.63, 3.8) is 0 Å². The van der Waals surface area contributed by atoms with Crippen LogP contribution in [-0.4, -0.2) is 47.0 Å². The van der Waals surface area contributed by atoms with Gasteiger partial charge in [0.2, 0.25) is 0 Å². The number of likely N-dealkylation sites (tertiary alicyclic amines) is 1. The number of hydrogen-bond acceptors (Lipinski definition) is 6. The molecule has 1 saturated heterocycles. The van der Waals surface area contributed by atoms with Crippen molar-refractivity contribution in [2.45, 2.75) is 26.2 Å². The molecule has 7 nitrogen and oxygen atoms in total. The summed E-state index contributed by atoms with van der Waals surface area (Å²) in [4.78, 5) is 28.6. The van der Waals surface area contributed by atoms with Gasteiger partial charge in [0, 0.05) is 29.9 Å². The van der Waals surface area contributed by atoms with E-state index in [1.807, 2.05) is 36.4 Å². The SMILES string of the molecule is Cc1cc(-c2cccnc2)nc(=Nc2ccccc2C(N)=O)c2cc(OCCN3CCCCC3)ccc12. The molecule has 1 fully saturated rings. The fraction of sp³-hybridized carbons (Fsp3) is 0.267. The van der Waals surface area contributed by atoms with Gasteiger partial charge in [-0.3, -0.25) is 14.7 Å². The zero-order valence-electron chi connectivity index (χ0n) is 21.1. The van der Waals surface area contributed by atoms with Crippen molar-refractivity contribution >= 4 is 22.4 Å². The van der Waals surface area contributed by atoms with Crippen LogP contribution < -0.4 is 16.0 Å². The van der Waals surface area contributed by atoms with Gasteiger partial charge >= 0.3 is 0 Å². The molecule has 188 valence electrons. The van der Waals surface area contributed by atoms with Gasteiger partial charge in [0.15, 0.2) is 5.49 Å². The molecule has 0 unspecified atom stereocenters. The number of fused-ring (bicyclic) bond motifs is 1. The lowest BCUT2D eigenvalue weighted by Crippen LogP contribution is -2.33. The van der Waals surface area contributed by atoms with Crippen LogP contribution in [0.3, 0.4) is 0 Å². The summed E-state index contributed by atoms with van der Waals surface area (Å²) in [5.74, 6) is 0.230. The summed E-state index contributed by atoms with van der Waals surface area (Å²) in [5.41, 5.74) is 9.61. The fourth-order valence-electron chi connectivity index (χ4n) is 4.75. The van der Waals surface area contributed by atoms with Gasteiger partial charge in [-0.1, -0.05) is 24.6 Å². The number of carbonyl (C=O) groups is 1. The van der Waals surface area contributed by atoms with E-state index in [0.29, 0.717) is 23.3 Å². The Bertz CT molecular complexity index is 1480. The minimum Gasteiger partial charge on any atom is -0.492 e. The first kappa shape index (κ1) is 24.6. The van der Waals surface area contributed by atoms with Gasteiger partial charge < -0.3 is 10.5 Å². The van der Waals surface area contributed by atoms with Crippen LogP contribution in [-0.2, 0) is 0 Å².